The van der Waals surface area contributed by atoms with Gasteiger partial charge in [0.1, 0.15) is 5.69 Å². The quantitative estimate of drug-likeness (QED) is 0.618. The van der Waals surface area contributed by atoms with Crippen molar-refractivity contribution in [1.29, 1.82) is 0 Å². The summed E-state index contributed by atoms with van der Waals surface area (Å²) in [6.45, 7) is 0. The number of amides is 1. The average molecular weight is 229 g/mol. The Kier molecular flexibility index (Phi) is 3.25. The van der Waals surface area contributed by atoms with Crippen LogP contribution in [0.5, 0.6) is 0 Å². The molecule has 2 rings (SSSR count). The summed E-state index contributed by atoms with van der Waals surface area (Å²) in [5.74, 6) is -0.301. The van der Waals surface area contributed by atoms with Crippen LogP contribution in [0.2, 0.25) is 0 Å². The monoisotopic (exact) mass is 229 g/mol. The van der Waals surface area contributed by atoms with Gasteiger partial charge in [-0.1, -0.05) is 6.07 Å². The van der Waals surface area contributed by atoms with Gasteiger partial charge in [0.05, 0.1) is 6.21 Å². The Bertz CT molecular complexity index is 532. The molecule has 86 valence electrons. The maximum atomic E-state index is 11.6. The molecule has 1 N–H and O–H groups in total. The summed E-state index contributed by atoms with van der Waals surface area (Å²) in [5.41, 5.74) is 3.69. The molecule has 0 aliphatic carbocycles. The van der Waals surface area contributed by atoms with Crippen LogP contribution >= 0.6 is 0 Å². The number of nitrogens with one attached hydrogen (secondary N) is 1. The largest absolute Gasteiger partial charge is 0.289 e. The Labute approximate surface area is 98.0 Å². The van der Waals surface area contributed by atoms with Crippen LogP contribution < -0.4 is 5.43 Å². The van der Waals surface area contributed by atoms with Crippen LogP contribution in [-0.2, 0) is 7.05 Å². The molecular weight excluding hydrogens is 218 g/mol. The third-order valence-electron chi connectivity index (χ3n) is 2.12. The minimum Gasteiger partial charge on any atom is -0.266 e. The molecule has 2 aromatic rings. The van der Waals surface area contributed by atoms with Gasteiger partial charge >= 0.3 is 0 Å². The highest BCUT2D eigenvalue weighted by Crippen LogP contribution is 1.95. The van der Waals surface area contributed by atoms with Crippen molar-refractivity contribution in [1.82, 2.24) is 20.2 Å². The van der Waals surface area contributed by atoms with Crippen molar-refractivity contribution in [2.24, 2.45) is 12.1 Å². The maximum absolute atomic E-state index is 11.6. The predicted octanol–water partition coefficient (Wildman–Crippen LogP) is 0.579. The molecule has 0 spiro atoms. The summed E-state index contributed by atoms with van der Waals surface area (Å²) in [4.78, 5) is 15.5. The van der Waals surface area contributed by atoms with Gasteiger partial charge < -0.3 is 0 Å². The van der Waals surface area contributed by atoms with E-state index in [4.69, 9.17) is 0 Å². The first-order valence-electron chi connectivity index (χ1n) is 4.99. The van der Waals surface area contributed by atoms with Crippen molar-refractivity contribution in [2.75, 3.05) is 0 Å². The Morgan fingerprint density at radius 3 is 3.00 bits per heavy atom. The van der Waals surface area contributed by atoms with E-state index in [1.807, 2.05) is 6.07 Å². The number of aryl methyl sites for hydroxylation is 1. The van der Waals surface area contributed by atoms with Crippen LogP contribution in [0.15, 0.2) is 41.9 Å². The molecule has 0 unspecified atom stereocenters. The molecule has 6 nitrogen and oxygen atoms in total. The van der Waals surface area contributed by atoms with E-state index < -0.39 is 0 Å². The molecular formula is C11H11N5O. The molecule has 0 aliphatic rings. The molecule has 0 bridgehead atoms. The first-order chi connectivity index (χ1) is 8.27. The van der Waals surface area contributed by atoms with Crippen LogP contribution in [-0.4, -0.2) is 26.9 Å². The van der Waals surface area contributed by atoms with Crippen molar-refractivity contribution < 1.29 is 4.79 Å². The Morgan fingerprint density at radius 2 is 2.35 bits per heavy atom. The number of hydrazone groups is 1. The summed E-state index contributed by atoms with van der Waals surface area (Å²) in [6.07, 6.45) is 6.41. The van der Waals surface area contributed by atoms with Gasteiger partial charge in [0.2, 0.25) is 0 Å². The average Bonchev–Trinajstić information content (AvgIpc) is 2.77. The van der Waals surface area contributed by atoms with Crippen molar-refractivity contribution >= 4 is 12.1 Å². The topological polar surface area (TPSA) is 72.2 Å². The first-order valence-corrected chi connectivity index (χ1v) is 4.99. The molecule has 2 aromatic heterocycles. The SMILES string of the molecule is Cn1nccc1C(=O)NN=Cc1cccnc1. The molecule has 1 amide bonds. The molecule has 0 saturated carbocycles. The van der Waals surface area contributed by atoms with E-state index in [1.165, 1.54) is 10.9 Å². The highest BCUT2D eigenvalue weighted by Gasteiger charge is 2.07. The Balaban J connectivity index is 1.98. The molecule has 17 heavy (non-hydrogen) atoms. The highest BCUT2D eigenvalue weighted by molar-refractivity contribution is 5.93. The lowest BCUT2D eigenvalue weighted by Gasteiger charge is -1.99. The Morgan fingerprint density at radius 1 is 1.47 bits per heavy atom. The smallest absolute Gasteiger partial charge is 0.266 e. The zero-order chi connectivity index (χ0) is 12.1. The second-order valence-corrected chi connectivity index (χ2v) is 3.33. The van der Waals surface area contributed by atoms with Crippen LogP contribution in [0.1, 0.15) is 16.1 Å². The number of nitrogens with zero attached hydrogens (tertiary/aromatic N) is 4. The van der Waals surface area contributed by atoms with E-state index in [0.29, 0.717) is 5.69 Å². The highest BCUT2D eigenvalue weighted by atomic mass is 16.2. The Hall–Kier alpha value is -2.50. The molecule has 0 fully saturated rings. The number of carbonyl (C=O) groups excluding carboxylic acids is 1. The van der Waals surface area contributed by atoms with Gasteiger partial charge in [-0.05, 0) is 12.1 Å². The van der Waals surface area contributed by atoms with Gasteiger partial charge in [-0.2, -0.15) is 10.2 Å². The number of aromatic nitrogens is 3. The molecule has 0 atom stereocenters. The minimum atomic E-state index is -0.301. The number of hydrogen-bond donors (Lipinski definition) is 1. The second-order valence-electron chi connectivity index (χ2n) is 3.33. The number of carbonyl (C=O) groups is 1. The lowest BCUT2D eigenvalue weighted by atomic mass is 10.3. The third kappa shape index (κ3) is 2.75. The predicted molar refractivity (Wildman–Crippen MR) is 62.5 cm³/mol. The lowest BCUT2D eigenvalue weighted by Crippen LogP contribution is -2.20. The molecule has 0 aromatic carbocycles. The van der Waals surface area contributed by atoms with Crippen molar-refractivity contribution in [3.63, 3.8) is 0 Å². The second kappa shape index (κ2) is 5.02. The minimum absolute atomic E-state index is 0.301. The number of pyridine rings is 1. The fraction of sp³-hybridized carbons (Fsp3) is 0.0909. The van der Waals surface area contributed by atoms with E-state index >= 15 is 0 Å². The van der Waals surface area contributed by atoms with E-state index in [2.05, 4.69) is 20.6 Å². The van der Waals surface area contributed by atoms with Gasteiger partial charge in [-0.3, -0.25) is 14.5 Å². The van der Waals surface area contributed by atoms with Crippen molar-refractivity contribution in [3.8, 4) is 0 Å². The van der Waals surface area contributed by atoms with Crippen molar-refractivity contribution in [2.45, 2.75) is 0 Å². The normalized spacial score (nSPS) is 10.6. The van der Waals surface area contributed by atoms with Gasteiger partial charge in [0.15, 0.2) is 0 Å². The third-order valence-corrected chi connectivity index (χ3v) is 2.12. The fourth-order valence-electron chi connectivity index (χ4n) is 1.27. The van der Waals surface area contributed by atoms with E-state index in [1.54, 1.807) is 37.8 Å². The molecule has 0 saturated heterocycles. The van der Waals surface area contributed by atoms with E-state index in [9.17, 15) is 4.79 Å². The van der Waals surface area contributed by atoms with E-state index in [0.717, 1.165) is 5.56 Å². The zero-order valence-electron chi connectivity index (χ0n) is 9.24. The first kappa shape index (κ1) is 11.0. The van der Waals surface area contributed by atoms with Crippen LogP contribution in [0.25, 0.3) is 0 Å². The van der Waals surface area contributed by atoms with Crippen LogP contribution in [0.3, 0.4) is 0 Å². The summed E-state index contributed by atoms with van der Waals surface area (Å²) >= 11 is 0. The van der Waals surface area contributed by atoms with Crippen molar-refractivity contribution in [3.05, 3.63) is 48.0 Å². The molecule has 0 radical (unpaired) electrons. The molecule has 2 heterocycles. The maximum Gasteiger partial charge on any atom is 0.289 e. The standard InChI is InChI=1S/C11H11N5O/c1-16-10(4-6-14-16)11(17)15-13-8-9-3-2-5-12-7-9/h2-8H,1H3,(H,15,17). The van der Waals surface area contributed by atoms with Gasteiger partial charge in [-0.25, -0.2) is 5.43 Å². The zero-order valence-corrected chi connectivity index (χ0v) is 9.24. The van der Waals surface area contributed by atoms with Gasteiger partial charge in [-0.15, -0.1) is 0 Å². The van der Waals surface area contributed by atoms with E-state index in [-0.39, 0.29) is 5.91 Å². The molecule has 6 heteroatoms. The summed E-state index contributed by atoms with van der Waals surface area (Å²) in [6, 6.07) is 5.26. The molecule has 0 aliphatic heterocycles. The lowest BCUT2D eigenvalue weighted by molar-refractivity contribution is 0.0946. The fourth-order valence-corrected chi connectivity index (χ4v) is 1.27. The number of hydrogen-bond acceptors (Lipinski definition) is 4. The summed E-state index contributed by atoms with van der Waals surface area (Å²) < 4.78 is 1.48. The van der Waals surface area contributed by atoms with Crippen LogP contribution in [0, 0.1) is 0 Å². The van der Waals surface area contributed by atoms with Gasteiger partial charge in [0, 0.05) is 31.2 Å². The summed E-state index contributed by atoms with van der Waals surface area (Å²) in [7, 11) is 1.69. The van der Waals surface area contributed by atoms with Gasteiger partial charge in [0.25, 0.3) is 5.91 Å². The summed E-state index contributed by atoms with van der Waals surface area (Å²) in [5, 5.41) is 7.73. The number of rotatable bonds is 3. The van der Waals surface area contributed by atoms with Crippen LogP contribution in [0.4, 0.5) is 0 Å².